The molecular weight excluding hydrogens is 208 g/mol. The predicted molar refractivity (Wildman–Crippen MR) is 48.1 cm³/mol. The Hall–Kier alpha value is -1.30. The Morgan fingerprint density at radius 1 is 1.50 bits per heavy atom. The van der Waals surface area contributed by atoms with Crippen LogP contribution in [0.2, 0.25) is 5.15 Å². The number of rotatable bonds is 0. The Bertz CT molecular complexity index is 365. The van der Waals surface area contributed by atoms with Crippen LogP contribution in [0.1, 0.15) is 12.1 Å². The van der Waals surface area contributed by atoms with E-state index in [1.165, 1.54) is 4.90 Å². The number of aryl methyl sites for hydroxylation is 1. The van der Waals surface area contributed by atoms with E-state index in [2.05, 4.69) is 10.3 Å². The molecule has 1 aliphatic heterocycles. The SMILES string of the molecule is O=C(O)N1CCCn2nnc(Cl)c2C1. The molecule has 1 amide bonds. The zero-order chi connectivity index (χ0) is 10.1. The smallest absolute Gasteiger partial charge is 0.407 e. The molecule has 2 rings (SSSR count). The first kappa shape index (κ1) is 9.26. The lowest BCUT2D eigenvalue weighted by Gasteiger charge is -2.14. The molecule has 76 valence electrons. The van der Waals surface area contributed by atoms with Crippen molar-refractivity contribution in [3.8, 4) is 0 Å². The van der Waals surface area contributed by atoms with Gasteiger partial charge in [0.05, 0.1) is 12.2 Å². The lowest BCUT2D eigenvalue weighted by molar-refractivity contribution is 0.143. The molecular formula is C7H9ClN4O2. The van der Waals surface area contributed by atoms with Gasteiger partial charge in [-0.05, 0) is 6.42 Å². The van der Waals surface area contributed by atoms with E-state index in [1.54, 1.807) is 4.68 Å². The van der Waals surface area contributed by atoms with Crippen molar-refractivity contribution in [2.24, 2.45) is 0 Å². The highest BCUT2D eigenvalue weighted by Crippen LogP contribution is 2.17. The number of carboxylic acid groups (broad SMARTS) is 1. The summed E-state index contributed by atoms with van der Waals surface area (Å²) in [4.78, 5) is 12.1. The fourth-order valence-corrected chi connectivity index (χ4v) is 1.66. The molecule has 14 heavy (non-hydrogen) atoms. The van der Waals surface area contributed by atoms with Crippen LogP contribution in [0.15, 0.2) is 0 Å². The highest BCUT2D eigenvalue weighted by atomic mass is 35.5. The third kappa shape index (κ3) is 1.52. The van der Waals surface area contributed by atoms with Gasteiger partial charge in [-0.3, -0.25) is 0 Å². The maximum Gasteiger partial charge on any atom is 0.407 e. The molecule has 0 aliphatic carbocycles. The number of hydrogen-bond donors (Lipinski definition) is 1. The van der Waals surface area contributed by atoms with Gasteiger partial charge in [0.2, 0.25) is 0 Å². The highest BCUT2D eigenvalue weighted by Gasteiger charge is 2.21. The minimum Gasteiger partial charge on any atom is -0.465 e. The zero-order valence-corrected chi connectivity index (χ0v) is 8.11. The molecule has 7 heteroatoms. The van der Waals surface area contributed by atoms with Gasteiger partial charge in [-0.1, -0.05) is 16.8 Å². The van der Waals surface area contributed by atoms with Crippen molar-refractivity contribution in [3.05, 3.63) is 10.8 Å². The average molecular weight is 217 g/mol. The van der Waals surface area contributed by atoms with Gasteiger partial charge < -0.3 is 10.0 Å². The number of carbonyl (C=O) groups is 1. The Morgan fingerprint density at radius 2 is 2.29 bits per heavy atom. The molecule has 1 N–H and O–H groups in total. The second-order valence-corrected chi connectivity index (χ2v) is 3.47. The van der Waals surface area contributed by atoms with Gasteiger partial charge in [-0.25, -0.2) is 9.48 Å². The molecule has 1 aromatic heterocycles. The van der Waals surface area contributed by atoms with Crippen LogP contribution in [0.4, 0.5) is 4.79 Å². The van der Waals surface area contributed by atoms with Crippen molar-refractivity contribution in [2.75, 3.05) is 6.54 Å². The summed E-state index contributed by atoms with van der Waals surface area (Å²) in [6, 6.07) is 0. The maximum atomic E-state index is 10.8. The second-order valence-electron chi connectivity index (χ2n) is 3.11. The minimum absolute atomic E-state index is 0.265. The van der Waals surface area contributed by atoms with E-state index in [4.69, 9.17) is 16.7 Å². The number of aromatic nitrogens is 3. The topological polar surface area (TPSA) is 71.2 Å². The fraction of sp³-hybridized carbons (Fsp3) is 0.571. The summed E-state index contributed by atoms with van der Waals surface area (Å²) in [5.41, 5.74) is 0.673. The third-order valence-corrected chi connectivity index (χ3v) is 2.49. The molecule has 1 aliphatic rings. The zero-order valence-electron chi connectivity index (χ0n) is 7.35. The van der Waals surface area contributed by atoms with E-state index in [1.807, 2.05) is 0 Å². The molecule has 0 saturated heterocycles. The molecule has 0 atom stereocenters. The van der Waals surface area contributed by atoms with E-state index in [0.717, 1.165) is 6.42 Å². The van der Waals surface area contributed by atoms with Crippen molar-refractivity contribution in [2.45, 2.75) is 19.5 Å². The Balaban J connectivity index is 2.29. The van der Waals surface area contributed by atoms with Crippen LogP contribution in [-0.2, 0) is 13.1 Å². The summed E-state index contributed by atoms with van der Waals surface area (Å²) in [5.74, 6) is 0. The standard InChI is InChI=1S/C7H9ClN4O2/c8-6-5-4-11(7(13)14)2-1-3-12(5)10-9-6/h1-4H2,(H,13,14). The van der Waals surface area contributed by atoms with E-state index in [-0.39, 0.29) is 11.7 Å². The summed E-state index contributed by atoms with van der Waals surface area (Å²) in [5, 5.41) is 16.7. The van der Waals surface area contributed by atoms with Crippen LogP contribution >= 0.6 is 11.6 Å². The van der Waals surface area contributed by atoms with Gasteiger partial charge in [0, 0.05) is 13.1 Å². The Kier molecular flexibility index (Phi) is 2.28. The largest absolute Gasteiger partial charge is 0.465 e. The van der Waals surface area contributed by atoms with Crippen LogP contribution in [0.3, 0.4) is 0 Å². The summed E-state index contributed by atoms with van der Waals surface area (Å²) in [6.07, 6.45) is -0.199. The second kappa shape index (κ2) is 3.45. The lowest BCUT2D eigenvalue weighted by atomic mass is 10.4. The van der Waals surface area contributed by atoms with E-state index >= 15 is 0 Å². The Labute approximate surface area is 85.1 Å². The molecule has 0 aromatic carbocycles. The quantitative estimate of drug-likeness (QED) is 0.697. The highest BCUT2D eigenvalue weighted by molar-refractivity contribution is 6.30. The van der Waals surface area contributed by atoms with Crippen LogP contribution in [0.25, 0.3) is 0 Å². The van der Waals surface area contributed by atoms with Gasteiger partial charge in [0.25, 0.3) is 0 Å². The number of hydrogen-bond acceptors (Lipinski definition) is 3. The molecule has 6 nitrogen and oxygen atoms in total. The van der Waals surface area contributed by atoms with Gasteiger partial charge in [-0.2, -0.15) is 0 Å². The molecule has 0 unspecified atom stereocenters. The summed E-state index contributed by atoms with van der Waals surface area (Å²) >= 11 is 5.79. The van der Waals surface area contributed by atoms with E-state index in [0.29, 0.717) is 18.8 Å². The summed E-state index contributed by atoms with van der Waals surface area (Å²) < 4.78 is 1.66. The van der Waals surface area contributed by atoms with E-state index in [9.17, 15) is 4.79 Å². The van der Waals surface area contributed by atoms with Gasteiger partial charge in [-0.15, -0.1) is 5.10 Å². The number of fused-ring (bicyclic) bond motifs is 1. The van der Waals surface area contributed by atoms with Crippen molar-refractivity contribution < 1.29 is 9.90 Å². The summed E-state index contributed by atoms with van der Waals surface area (Å²) in [7, 11) is 0. The van der Waals surface area contributed by atoms with E-state index < -0.39 is 6.09 Å². The Morgan fingerprint density at radius 3 is 3.00 bits per heavy atom. The number of nitrogens with zero attached hydrogens (tertiary/aromatic N) is 4. The number of halogens is 1. The lowest BCUT2D eigenvalue weighted by Crippen LogP contribution is -2.28. The van der Waals surface area contributed by atoms with Crippen molar-refractivity contribution in [1.82, 2.24) is 19.9 Å². The van der Waals surface area contributed by atoms with Gasteiger partial charge in [0.1, 0.15) is 0 Å². The van der Waals surface area contributed by atoms with Crippen molar-refractivity contribution >= 4 is 17.7 Å². The molecule has 0 saturated carbocycles. The average Bonchev–Trinajstić information content (AvgIpc) is 2.40. The van der Waals surface area contributed by atoms with Gasteiger partial charge in [0.15, 0.2) is 5.15 Å². The molecule has 2 heterocycles. The molecule has 0 radical (unpaired) electrons. The number of amides is 1. The summed E-state index contributed by atoms with van der Waals surface area (Å²) in [6.45, 7) is 1.44. The minimum atomic E-state index is -0.935. The van der Waals surface area contributed by atoms with Crippen molar-refractivity contribution in [3.63, 3.8) is 0 Å². The van der Waals surface area contributed by atoms with Crippen molar-refractivity contribution in [1.29, 1.82) is 0 Å². The van der Waals surface area contributed by atoms with Gasteiger partial charge >= 0.3 is 6.09 Å². The molecule has 0 bridgehead atoms. The van der Waals surface area contributed by atoms with Crippen LogP contribution in [0.5, 0.6) is 0 Å². The van der Waals surface area contributed by atoms with Crippen LogP contribution < -0.4 is 0 Å². The first-order valence-electron chi connectivity index (χ1n) is 4.24. The predicted octanol–water partition coefficient (Wildman–Crippen LogP) is 0.815. The molecule has 1 aromatic rings. The normalized spacial score (nSPS) is 16.2. The van der Waals surface area contributed by atoms with Crippen LogP contribution in [-0.4, -0.2) is 37.6 Å². The monoisotopic (exact) mass is 216 g/mol. The molecule has 0 fully saturated rings. The maximum absolute atomic E-state index is 10.8. The fourth-order valence-electron chi connectivity index (χ4n) is 1.47. The first-order chi connectivity index (χ1) is 6.68. The van der Waals surface area contributed by atoms with Crippen LogP contribution in [0, 0.1) is 0 Å². The first-order valence-corrected chi connectivity index (χ1v) is 4.62. The third-order valence-electron chi connectivity index (χ3n) is 2.20. The molecule has 0 spiro atoms.